The maximum absolute atomic E-state index is 13.4. The lowest BCUT2D eigenvalue weighted by Gasteiger charge is -2.29. The maximum atomic E-state index is 13.4. The molecule has 0 heterocycles. The van der Waals surface area contributed by atoms with Gasteiger partial charge in [0.2, 0.25) is 0 Å². The van der Waals surface area contributed by atoms with Crippen LogP contribution in [-0.4, -0.2) is 0 Å². The van der Waals surface area contributed by atoms with E-state index in [0.717, 1.165) is 22.0 Å². The van der Waals surface area contributed by atoms with Gasteiger partial charge in [-0.15, -0.1) is 0 Å². The highest BCUT2D eigenvalue weighted by Crippen LogP contribution is 2.27. The molecular weight excluding hydrogens is 305 g/mol. The van der Waals surface area contributed by atoms with E-state index in [9.17, 15) is 4.39 Å². The van der Waals surface area contributed by atoms with Crippen LogP contribution >= 0.6 is 15.9 Å². The number of rotatable bonds is 4. The summed E-state index contributed by atoms with van der Waals surface area (Å²) < 4.78 is 14.4. The molecule has 19 heavy (non-hydrogen) atoms. The van der Waals surface area contributed by atoms with Crippen LogP contribution in [0.3, 0.4) is 0 Å². The van der Waals surface area contributed by atoms with E-state index in [0.29, 0.717) is 6.42 Å². The molecule has 0 amide bonds. The molecule has 0 radical (unpaired) electrons. The van der Waals surface area contributed by atoms with E-state index in [4.69, 9.17) is 5.73 Å². The first-order chi connectivity index (χ1) is 9.03. The first-order valence-corrected chi connectivity index (χ1v) is 7.12. The summed E-state index contributed by atoms with van der Waals surface area (Å²) in [5, 5.41) is 0. The molecule has 0 aliphatic heterocycles. The Bertz CT molecular complexity index is 553. The minimum atomic E-state index is -0.532. The Hall–Kier alpha value is -1.19. The number of hydrogen-bond donors (Lipinski definition) is 1. The van der Waals surface area contributed by atoms with Gasteiger partial charge in [0.05, 0.1) is 0 Å². The molecule has 2 aromatic rings. The molecule has 0 aromatic heterocycles. The van der Waals surface area contributed by atoms with Crippen LogP contribution in [0, 0.1) is 5.82 Å². The van der Waals surface area contributed by atoms with Gasteiger partial charge in [0.1, 0.15) is 5.82 Å². The van der Waals surface area contributed by atoms with Gasteiger partial charge in [-0.05, 0) is 48.2 Å². The molecule has 0 saturated heterocycles. The van der Waals surface area contributed by atoms with Crippen molar-refractivity contribution < 1.29 is 4.39 Å². The van der Waals surface area contributed by atoms with Gasteiger partial charge >= 0.3 is 0 Å². The van der Waals surface area contributed by atoms with Crippen molar-refractivity contribution in [3.8, 4) is 0 Å². The van der Waals surface area contributed by atoms with Crippen LogP contribution in [0.15, 0.2) is 53.0 Å². The quantitative estimate of drug-likeness (QED) is 0.887. The van der Waals surface area contributed by atoms with Gasteiger partial charge in [0.15, 0.2) is 0 Å². The van der Waals surface area contributed by atoms with Crippen molar-refractivity contribution in [2.75, 3.05) is 0 Å². The van der Waals surface area contributed by atoms with E-state index in [1.165, 1.54) is 12.1 Å². The fourth-order valence-corrected chi connectivity index (χ4v) is 2.46. The fourth-order valence-electron chi connectivity index (χ4n) is 2.20. The number of benzene rings is 2. The Morgan fingerprint density at radius 2 is 1.84 bits per heavy atom. The van der Waals surface area contributed by atoms with E-state index < -0.39 is 5.54 Å². The Kier molecular flexibility index (Phi) is 4.38. The van der Waals surface area contributed by atoms with Crippen molar-refractivity contribution in [1.29, 1.82) is 0 Å². The van der Waals surface area contributed by atoms with Crippen molar-refractivity contribution >= 4 is 15.9 Å². The van der Waals surface area contributed by atoms with Crippen LogP contribution in [0.2, 0.25) is 0 Å². The summed E-state index contributed by atoms with van der Waals surface area (Å²) in [5.41, 5.74) is 7.94. The van der Waals surface area contributed by atoms with E-state index in [-0.39, 0.29) is 5.82 Å². The van der Waals surface area contributed by atoms with Crippen LogP contribution in [0.5, 0.6) is 0 Å². The first kappa shape index (κ1) is 14.2. The lowest BCUT2D eigenvalue weighted by molar-refractivity contribution is 0.422. The van der Waals surface area contributed by atoms with Gasteiger partial charge in [-0.25, -0.2) is 4.39 Å². The molecule has 2 rings (SSSR count). The molecular formula is C16H17BrFN. The number of nitrogens with two attached hydrogens (primary N) is 1. The predicted molar refractivity (Wildman–Crippen MR) is 80.4 cm³/mol. The van der Waals surface area contributed by atoms with Gasteiger partial charge in [-0.3, -0.25) is 0 Å². The van der Waals surface area contributed by atoms with Crippen molar-refractivity contribution in [3.63, 3.8) is 0 Å². The van der Waals surface area contributed by atoms with E-state index in [1.807, 2.05) is 37.3 Å². The zero-order valence-corrected chi connectivity index (χ0v) is 12.5. The van der Waals surface area contributed by atoms with Gasteiger partial charge in [0.25, 0.3) is 0 Å². The van der Waals surface area contributed by atoms with Crippen molar-refractivity contribution in [2.45, 2.75) is 25.3 Å². The Labute approximate surface area is 121 Å². The van der Waals surface area contributed by atoms with Gasteiger partial charge < -0.3 is 5.73 Å². The lowest BCUT2D eigenvalue weighted by atomic mass is 9.82. The van der Waals surface area contributed by atoms with Crippen LogP contribution in [0.4, 0.5) is 4.39 Å². The molecule has 2 aromatic carbocycles. The van der Waals surface area contributed by atoms with Gasteiger partial charge in [-0.2, -0.15) is 0 Å². The molecule has 2 N–H and O–H groups in total. The highest BCUT2D eigenvalue weighted by atomic mass is 79.9. The Balaban J connectivity index is 2.30. The molecule has 3 heteroatoms. The number of hydrogen-bond acceptors (Lipinski definition) is 1. The second-order valence-electron chi connectivity index (χ2n) is 4.82. The van der Waals surface area contributed by atoms with E-state index in [1.54, 1.807) is 6.07 Å². The monoisotopic (exact) mass is 321 g/mol. The molecule has 1 nitrogen and oxygen atoms in total. The molecule has 0 bridgehead atoms. The summed E-state index contributed by atoms with van der Waals surface area (Å²) in [6, 6.07) is 14.7. The molecule has 1 atom stereocenters. The van der Waals surface area contributed by atoms with E-state index in [2.05, 4.69) is 15.9 Å². The summed E-state index contributed by atoms with van der Waals surface area (Å²) in [6.45, 7) is 2.03. The third-order valence-electron chi connectivity index (χ3n) is 3.46. The summed E-state index contributed by atoms with van der Waals surface area (Å²) >= 11 is 3.42. The molecule has 0 spiro atoms. The lowest BCUT2D eigenvalue weighted by Crippen LogP contribution is -2.38. The minimum absolute atomic E-state index is 0.239. The standard InChI is InChI=1S/C16H17BrFN/c1-2-16(19,13-4-3-5-15(18)10-13)11-12-6-8-14(17)9-7-12/h3-10H,2,11,19H2,1H3. The van der Waals surface area contributed by atoms with E-state index >= 15 is 0 Å². The average Bonchev–Trinajstić information content (AvgIpc) is 2.41. The Morgan fingerprint density at radius 1 is 1.16 bits per heavy atom. The van der Waals surface area contributed by atoms with Crippen LogP contribution in [-0.2, 0) is 12.0 Å². The average molecular weight is 322 g/mol. The highest BCUT2D eigenvalue weighted by Gasteiger charge is 2.25. The second kappa shape index (κ2) is 5.85. The molecule has 1 unspecified atom stereocenters. The second-order valence-corrected chi connectivity index (χ2v) is 5.74. The highest BCUT2D eigenvalue weighted by molar-refractivity contribution is 9.10. The van der Waals surface area contributed by atoms with Crippen LogP contribution < -0.4 is 5.73 Å². The summed E-state index contributed by atoms with van der Waals surface area (Å²) in [5.74, 6) is -0.239. The third-order valence-corrected chi connectivity index (χ3v) is 3.99. The zero-order valence-electron chi connectivity index (χ0n) is 10.9. The molecule has 0 aliphatic rings. The van der Waals surface area contributed by atoms with Crippen molar-refractivity contribution in [3.05, 3.63) is 69.9 Å². The zero-order chi connectivity index (χ0) is 13.9. The minimum Gasteiger partial charge on any atom is -0.321 e. The summed E-state index contributed by atoms with van der Waals surface area (Å²) in [7, 11) is 0. The molecule has 0 aliphatic carbocycles. The van der Waals surface area contributed by atoms with Crippen molar-refractivity contribution in [2.24, 2.45) is 5.73 Å². The predicted octanol–water partition coefficient (Wildman–Crippen LogP) is 4.39. The molecule has 0 fully saturated rings. The fraction of sp³-hybridized carbons (Fsp3) is 0.250. The SMILES string of the molecule is CCC(N)(Cc1ccc(Br)cc1)c1cccc(F)c1. The first-order valence-electron chi connectivity index (χ1n) is 6.33. The number of halogens is 2. The maximum Gasteiger partial charge on any atom is 0.123 e. The van der Waals surface area contributed by atoms with Crippen LogP contribution in [0.1, 0.15) is 24.5 Å². The Morgan fingerprint density at radius 3 is 2.42 bits per heavy atom. The van der Waals surface area contributed by atoms with Crippen molar-refractivity contribution in [1.82, 2.24) is 0 Å². The topological polar surface area (TPSA) is 26.0 Å². The van der Waals surface area contributed by atoms with Gasteiger partial charge in [-0.1, -0.05) is 47.1 Å². The largest absolute Gasteiger partial charge is 0.321 e. The molecule has 0 saturated carbocycles. The van der Waals surface area contributed by atoms with Gasteiger partial charge in [0, 0.05) is 10.0 Å². The summed E-state index contributed by atoms with van der Waals surface area (Å²) in [4.78, 5) is 0. The summed E-state index contributed by atoms with van der Waals surface area (Å²) in [6.07, 6.45) is 1.45. The smallest absolute Gasteiger partial charge is 0.123 e. The molecule has 100 valence electrons. The third kappa shape index (κ3) is 3.43. The normalized spacial score (nSPS) is 14.1. The van der Waals surface area contributed by atoms with Crippen LogP contribution in [0.25, 0.3) is 0 Å².